The van der Waals surface area contributed by atoms with Crippen LogP contribution in [-0.2, 0) is 14.3 Å². The summed E-state index contributed by atoms with van der Waals surface area (Å²) in [5.41, 5.74) is 0. The zero-order chi connectivity index (χ0) is 11.4. The summed E-state index contributed by atoms with van der Waals surface area (Å²) in [7, 11) is 1.47. The average Bonchev–Trinajstić information content (AvgIpc) is 3.13. The summed E-state index contributed by atoms with van der Waals surface area (Å²) in [5.74, 6) is 1.02. The van der Waals surface area contributed by atoms with E-state index in [0.29, 0.717) is 6.10 Å². The standard InChI is InChI=1S/C13H22O3/c1-15-13(14)11-4-6-12(7-5-11)16-9-8-10-2-3-10/h10-12H,2-9H2,1H3. The molecule has 2 aliphatic rings. The Bertz CT molecular complexity index is 227. The molecule has 0 saturated heterocycles. The van der Waals surface area contributed by atoms with E-state index in [1.165, 1.54) is 26.4 Å². The molecule has 92 valence electrons. The van der Waals surface area contributed by atoms with Crippen molar-refractivity contribution in [1.29, 1.82) is 0 Å². The fourth-order valence-corrected chi connectivity index (χ4v) is 2.44. The van der Waals surface area contributed by atoms with Gasteiger partial charge in [0, 0.05) is 6.61 Å². The summed E-state index contributed by atoms with van der Waals surface area (Å²) in [6.07, 6.45) is 8.32. The van der Waals surface area contributed by atoms with Gasteiger partial charge in [0.2, 0.25) is 0 Å². The van der Waals surface area contributed by atoms with E-state index in [1.807, 2.05) is 0 Å². The summed E-state index contributed by atoms with van der Waals surface area (Å²) in [6, 6.07) is 0. The molecule has 0 aromatic carbocycles. The topological polar surface area (TPSA) is 35.5 Å². The Balaban J connectivity index is 1.58. The predicted octanol–water partition coefficient (Wildman–Crippen LogP) is 2.53. The maximum atomic E-state index is 11.3. The van der Waals surface area contributed by atoms with E-state index in [0.717, 1.165) is 38.2 Å². The van der Waals surface area contributed by atoms with Crippen molar-refractivity contribution in [3.8, 4) is 0 Å². The van der Waals surface area contributed by atoms with Gasteiger partial charge in [0.25, 0.3) is 0 Å². The first kappa shape index (κ1) is 11.9. The van der Waals surface area contributed by atoms with Crippen molar-refractivity contribution in [2.24, 2.45) is 11.8 Å². The van der Waals surface area contributed by atoms with E-state index in [4.69, 9.17) is 9.47 Å². The van der Waals surface area contributed by atoms with Crippen LogP contribution in [0.15, 0.2) is 0 Å². The third kappa shape index (κ3) is 3.48. The molecular weight excluding hydrogens is 204 g/mol. The Hall–Kier alpha value is -0.570. The molecule has 0 heterocycles. The maximum Gasteiger partial charge on any atom is 0.308 e. The van der Waals surface area contributed by atoms with Crippen LogP contribution < -0.4 is 0 Å². The minimum atomic E-state index is -0.0450. The number of rotatable bonds is 5. The van der Waals surface area contributed by atoms with Crippen molar-refractivity contribution < 1.29 is 14.3 Å². The summed E-state index contributed by atoms with van der Waals surface area (Å²) >= 11 is 0. The van der Waals surface area contributed by atoms with Crippen molar-refractivity contribution in [2.45, 2.75) is 51.0 Å². The molecule has 0 amide bonds. The highest BCUT2D eigenvalue weighted by Crippen LogP contribution is 2.33. The second-order valence-electron chi connectivity index (χ2n) is 5.10. The molecule has 16 heavy (non-hydrogen) atoms. The molecule has 3 heteroatoms. The average molecular weight is 226 g/mol. The minimum Gasteiger partial charge on any atom is -0.469 e. The van der Waals surface area contributed by atoms with Crippen molar-refractivity contribution >= 4 is 5.97 Å². The SMILES string of the molecule is COC(=O)C1CCC(OCCC2CC2)CC1. The third-order valence-corrected chi connectivity index (χ3v) is 3.79. The fraction of sp³-hybridized carbons (Fsp3) is 0.923. The smallest absolute Gasteiger partial charge is 0.308 e. The van der Waals surface area contributed by atoms with Gasteiger partial charge in [0.1, 0.15) is 0 Å². The number of carbonyl (C=O) groups is 1. The quantitative estimate of drug-likeness (QED) is 0.676. The number of methoxy groups -OCH3 is 1. The summed E-state index contributed by atoms with van der Waals surface area (Å²) in [4.78, 5) is 11.3. The molecule has 2 saturated carbocycles. The van der Waals surface area contributed by atoms with Gasteiger partial charge in [-0.2, -0.15) is 0 Å². The number of carbonyl (C=O) groups excluding carboxylic acids is 1. The molecular formula is C13H22O3. The van der Waals surface area contributed by atoms with Gasteiger partial charge in [0.05, 0.1) is 19.1 Å². The van der Waals surface area contributed by atoms with E-state index >= 15 is 0 Å². The third-order valence-electron chi connectivity index (χ3n) is 3.79. The molecule has 0 spiro atoms. The second-order valence-corrected chi connectivity index (χ2v) is 5.10. The zero-order valence-corrected chi connectivity index (χ0v) is 10.1. The molecule has 2 fully saturated rings. The van der Waals surface area contributed by atoms with E-state index in [-0.39, 0.29) is 11.9 Å². The molecule has 0 aromatic heterocycles. The Morgan fingerprint density at radius 1 is 1.12 bits per heavy atom. The van der Waals surface area contributed by atoms with E-state index in [1.54, 1.807) is 0 Å². The normalized spacial score (nSPS) is 30.1. The van der Waals surface area contributed by atoms with Crippen molar-refractivity contribution in [3.05, 3.63) is 0 Å². The van der Waals surface area contributed by atoms with Crippen LogP contribution in [0.3, 0.4) is 0 Å². The number of esters is 1. The Morgan fingerprint density at radius 3 is 2.38 bits per heavy atom. The lowest BCUT2D eigenvalue weighted by Crippen LogP contribution is -2.27. The summed E-state index contributed by atoms with van der Waals surface area (Å²) in [6.45, 7) is 0.915. The lowest BCUT2D eigenvalue weighted by molar-refractivity contribution is -0.147. The van der Waals surface area contributed by atoms with Gasteiger partial charge in [-0.3, -0.25) is 4.79 Å². The number of ether oxygens (including phenoxy) is 2. The van der Waals surface area contributed by atoms with Crippen LogP contribution in [0.4, 0.5) is 0 Å². The van der Waals surface area contributed by atoms with Crippen LogP contribution >= 0.6 is 0 Å². The molecule has 0 radical (unpaired) electrons. The van der Waals surface area contributed by atoms with Crippen LogP contribution in [0, 0.1) is 11.8 Å². The molecule has 0 unspecified atom stereocenters. The first-order valence-corrected chi connectivity index (χ1v) is 6.49. The van der Waals surface area contributed by atoms with Gasteiger partial charge in [-0.1, -0.05) is 12.8 Å². The highest BCUT2D eigenvalue weighted by molar-refractivity contribution is 5.72. The lowest BCUT2D eigenvalue weighted by Gasteiger charge is -2.26. The highest BCUT2D eigenvalue weighted by atomic mass is 16.5. The van der Waals surface area contributed by atoms with Gasteiger partial charge >= 0.3 is 5.97 Å². The van der Waals surface area contributed by atoms with Crippen LogP contribution in [0.25, 0.3) is 0 Å². The molecule has 2 rings (SSSR count). The van der Waals surface area contributed by atoms with Crippen LogP contribution in [-0.4, -0.2) is 25.8 Å². The Labute approximate surface area is 97.5 Å². The zero-order valence-electron chi connectivity index (χ0n) is 10.1. The molecule has 0 bridgehead atoms. The molecule has 0 aromatic rings. The van der Waals surface area contributed by atoms with Crippen molar-refractivity contribution in [1.82, 2.24) is 0 Å². The lowest BCUT2D eigenvalue weighted by atomic mass is 9.87. The van der Waals surface area contributed by atoms with Gasteiger partial charge in [-0.05, 0) is 38.0 Å². The first-order valence-electron chi connectivity index (χ1n) is 6.49. The molecule has 0 atom stereocenters. The molecule has 0 N–H and O–H groups in total. The predicted molar refractivity (Wildman–Crippen MR) is 61.1 cm³/mol. The first-order chi connectivity index (χ1) is 7.79. The number of hydrogen-bond acceptors (Lipinski definition) is 3. The van der Waals surface area contributed by atoms with Gasteiger partial charge in [-0.25, -0.2) is 0 Å². The van der Waals surface area contributed by atoms with Crippen LogP contribution in [0.5, 0.6) is 0 Å². The summed E-state index contributed by atoms with van der Waals surface area (Å²) in [5, 5.41) is 0. The molecule has 0 aliphatic heterocycles. The minimum absolute atomic E-state index is 0.0450. The highest BCUT2D eigenvalue weighted by Gasteiger charge is 2.27. The maximum absolute atomic E-state index is 11.3. The van der Waals surface area contributed by atoms with Gasteiger partial charge in [-0.15, -0.1) is 0 Å². The van der Waals surface area contributed by atoms with Crippen molar-refractivity contribution in [3.63, 3.8) is 0 Å². The second kappa shape index (κ2) is 5.67. The summed E-state index contributed by atoms with van der Waals surface area (Å²) < 4.78 is 10.6. The van der Waals surface area contributed by atoms with E-state index in [9.17, 15) is 4.79 Å². The number of hydrogen-bond donors (Lipinski definition) is 0. The van der Waals surface area contributed by atoms with Gasteiger partial charge in [0.15, 0.2) is 0 Å². The van der Waals surface area contributed by atoms with Gasteiger partial charge < -0.3 is 9.47 Å². The largest absolute Gasteiger partial charge is 0.469 e. The van der Waals surface area contributed by atoms with E-state index < -0.39 is 0 Å². The Morgan fingerprint density at radius 2 is 1.81 bits per heavy atom. The fourth-order valence-electron chi connectivity index (χ4n) is 2.44. The van der Waals surface area contributed by atoms with E-state index in [2.05, 4.69) is 0 Å². The molecule has 3 nitrogen and oxygen atoms in total. The monoisotopic (exact) mass is 226 g/mol. The van der Waals surface area contributed by atoms with Crippen molar-refractivity contribution in [2.75, 3.05) is 13.7 Å². The molecule has 2 aliphatic carbocycles. The van der Waals surface area contributed by atoms with Crippen LogP contribution in [0.2, 0.25) is 0 Å². The van der Waals surface area contributed by atoms with Crippen LogP contribution in [0.1, 0.15) is 44.9 Å². The Kier molecular flexibility index (Phi) is 4.22.